The lowest BCUT2D eigenvalue weighted by atomic mass is 9.85. The number of ether oxygens (including phenoxy) is 4. The van der Waals surface area contributed by atoms with Gasteiger partial charge in [0.2, 0.25) is 0 Å². The van der Waals surface area contributed by atoms with Crippen molar-refractivity contribution in [3.05, 3.63) is 0 Å². The fraction of sp³-hybridized carbons (Fsp3) is 0.917. The summed E-state index contributed by atoms with van der Waals surface area (Å²) in [7, 11) is 0. The molecule has 0 aromatic heterocycles. The van der Waals surface area contributed by atoms with E-state index in [4.69, 9.17) is 18.9 Å². The SMILES string of the molecule is CC1(C)O[C@@H]2C[C@@H]3OC(=O)OC[C@H]3O[C@H]2C[C@H]1O. The van der Waals surface area contributed by atoms with Crippen molar-refractivity contribution < 1.29 is 28.8 Å². The van der Waals surface area contributed by atoms with Gasteiger partial charge >= 0.3 is 6.16 Å². The monoisotopic (exact) mass is 258 g/mol. The Kier molecular flexibility index (Phi) is 2.76. The van der Waals surface area contributed by atoms with Gasteiger partial charge < -0.3 is 24.1 Å². The molecule has 0 aromatic rings. The first-order valence-corrected chi connectivity index (χ1v) is 6.30. The van der Waals surface area contributed by atoms with Gasteiger partial charge in [0.15, 0.2) is 0 Å². The molecule has 6 heteroatoms. The second-order valence-electron chi connectivity index (χ2n) is 5.68. The number of carbonyl (C=O) groups is 1. The number of carbonyl (C=O) groups excluding carboxylic acids is 1. The van der Waals surface area contributed by atoms with Crippen LogP contribution in [-0.4, -0.2) is 54.0 Å². The van der Waals surface area contributed by atoms with Crippen molar-refractivity contribution in [2.45, 2.75) is 62.8 Å². The number of rotatable bonds is 0. The fourth-order valence-corrected chi connectivity index (χ4v) is 2.81. The zero-order chi connectivity index (χ0) is 12.9. The van der Waals surface area contributed by atoms with E-state index < -0.39 is 17.9 Å². The number of hydrogen-bond donors (Lipinski definition) is 1. The van der Waals surface area contributed by atoms with Crippen molar-refractivity contribution in [2.24, 2.45) is 0 Å². The Morgan fingerprint density at radius 2 is 1.94 bits per heavy atom. The number of aliphatic hydroxyl groups excluding tert-OH is 1. The second kappa shape index (κ2) is 4.08. The van der Waals surface area contributed by atoms with E-state index in [2.05, 4.69) is 0 Å². The lowest BCUT2D eigenvalue weighted by molar-refractivity contribution is -0.280. The van der Waals surface area contributed by atoms with Crippen LogP contribution in [0, 0.1) is 0 Å². The van der Waals surface area contributed by atoms with Crippen LogP contribution in [0.15, 0.2) is 0 Å². The Morgan fingerprint density at radius 3 is 2.72 bits per heavy atom. The average molecular weight is 258 g/mol. The highest BCUT2D eigenvalue weighted by atomic mass is 16.8. The predicted octanol–water partition coefficient (Wildman–Crippen LogP) is 0.608. The van der Waals surface area contributed by atoms with Crippen molar-refractivity contribution in [1.82, 2.24) is 0 Å². The van der Waals surface area contributed by atoms with E-state index >= 15 is 0 Å². The summed E-state index contributed by atoms with van der Waals surface area (Å²) in [6.45, 7) is 3.93. The summed E-state index contributed by atoms with van der Waals surface area (Å²) in [6, 6.07) is 0. The zero-order valence-corrected chi connectivity index (χ0v) is 10.5. The maximum Gasteiger partial charge on any atom is 0.508 e. The van der Waals surface area contributed by atoms with Gasteiger partial charge in [0.05, 0.1) is 23.9 Å². The topological polar surface area (TPSA) is 74.2 Å². The van der Waals surface area contributed by atoms with Gasteiger partial charge in [-0.05, 0) is 13.8 Å². The molecule has 0 aliphatic carbocycles. The Morgan fingerprint density at radius 1 is 1.17 bits per heavy atom. The number of aliphatic hydroxyl groups is 1. The van der Waals surface area contributed by atoms with Gasteiger partial charge in [0, 0.05) is 12.8 Å². The lowest BCUT2D eigenvalue weighted by Gasteiger charge is -2.50. The third-order valence-corrected chi connectivity index (χ3v) is 3.97. The molecule has 0 radical (unpaired) electrons. The molecule has 102 valence electrons. The van der Waals surface area contributed by atoms with Crippen LogP contribution in [0.3, 0.4) is 0 Å². The van der Waals surface area contributed by atoms with E-state index in [1.807, 2.05) is 13.8 Å². The molecule has 0 amide bonds. The van der Waals surface area contributed by atoms with E-state index in [0.29, 0.717) is 12.8 Å². The van der Waals surface area contributed by atoms with E-state index in [-0.39, 0.29) is 31.0 Å². The number of cyclic esters (lactones) is 1. The van der Waals surface area contributed by atoms with Crippen LogP contribution in [0.2, 0.25) is 0 Å². The highest BCUT2D eigenvalue weighted by molar-refractivity contribution is 5.61. The first kappa shape index (κ1) is 12.2. The Labute approximate surface area is 105 Å². The van der Waals surface area contributed by atoms with E-state index in [1.54, 1.807) is 0 Å². The molecule has 3 rings (SSSR count). The molecule has 3 fully saturated rings. The largest absolute Gasteiger partial charge is 0.508 e. The van der Waals surface area contributed by atoms with Gasteiger partial charge in [-0.1, -0.05) is 0 Å². The first-order chi connectivity index (χ1) is 8.45. The summed E-state index contributed by atoms with van der Waals surface area (Å²) in [4.78, 5) is 11.1. The highest BCUT2D eigenvalue weighted by Gasteiger charge is 2.50. The minimum absolute atomic E-state index is 0.143. The van der Waals surface area contributed by atoms with Crippen LogP contribution in [0.5, 0.6) is 0 Å². The Bertz CT molecular complexity index is 354. The summed E-state index contributed by atoms with van der Waals surface area (Å²) >= 11 is 0. The van der Waals surface area contributed by atoms with E-state index in [1.165, 1.54) is 0 Å². The predicted molar refractivity (Wildman–Crippen MR) is 59.1 cm³/mol. The smallest absolute Gasteiger partial charge is 0.431 e. The van der Waals surface area contributed by atoms with Crippen molar-refractivity contribution in [3.63, 3.8) is 0 Å². The molecule has 3 heterocycles. The molecule has 0 bridgehead atoms. The van der Waals surface area contributed by atoms with Gasteiger partial charge in [-0.15, -0.1) is 0 Å². The molecule has 3 saturated heterocycles. The first-order valence-electron chi connectivity index (χ1n) is 6.30. The lowest BCUT2D eigenvalue weighted by Crippen LogP contribution is -2.61. The average Bonchev–Trinajstić information content (AvgIpc) is 2.28. The van der Waals surface area contributed by atoms with Crippen LogP contribution in [0.4, 0.5) is 4.79 Å². The van der Waals surface area contributed by atoms with Crippen LogP contribution < -0.4 is 0 Å². The van der Waals surface area contributed by atoms with Crippen LogP contribution in [0.1, 0.15) is 26.7 Å². The minimum atomic E-state index is -0.645. The third-order valence-electron chi connectivity index (χ3n) is 3.97. The van der Waals surface area contributed by atoms with Crippen molar-refractivity contribution in [2.75, 3.05) is 6.61 Å². The third kappa shape index (κ3) is 1.98. The van der Waals surface area contributed by atoms with Gasteiger partial charge in [0.25, 0.3) is 0 Å². The molecule has 6 nitrogen and oxygen atoms in total. The van der Waals surface area contributed by atoms with Gasteiger partial charge in [-0.25, -0.2) is 4.79 Å². The minimum Gasteiger partial charge on any atom is -0.431 e. The Hall–Kier alpha value is -0.850. The van der Waals surface area contributed by atoms with E-state index in [9.17, 15) is 9.90 Å². The standard InChI is InChI=1S/C12H18O6/c1-12(2)10(13)4-7-8(18-12)3-6-9(16-7)5-15-11(14)17-6/h6-10,13H,3-5H2,1-2H3/t6-,7-,8+,9+,10+/m0/s1. The maximum absolute atomic E-state index is 11.1. The van der Waals surface area contributed by atoms with Crippen molar-refractivity contribution in [3.8, 4) is 0 Å². The molecule has 18 heavy (non-hydrogen) atoms. The fourth-order valence-electron chi connectivity index (χ4n) is 2.81. The summed E-state index contributed by atoms with van der Waals surface area (Å²) in [5, 5.41) is 9.99. The van der Waals surface area contributed by atoms with Gasteiger partial charge in [0.1, 0.15) is 18.8 Å². The summed E-state index contributed by atoms with van der Waals surface area (Å²) in [5.41, 5.74) is -0.591. The quantitative estimate of drug-likeness (QED) is 0.642. The molecular formula is C12H18O6. The normalized spacial score (nSPS) is 46.4. The van der Waals surface area contributed by atoms with Gasteiger partial charge in [-0.3, -0.25) is 0 Å². The molecule has 5 atom stereocenters. The summed E-state index contributed by atoms with van der Waals surface area (Å²) in [6.07, 6.45) is -0.921. The molecule has 0 unspecified atom stereocenters. The molecule has 0 spiro atoms. The van der Waals surface area contributed by atoms with Crippen LogP contribution >= 0.6 is 0 Å². The second-order valence-corrected chi connectivity index (χ2v) is 5.68. The van der Waals surface area contributed by atoms with E-state index in [0.717, 1.165) is 0 Å². The number of hydrogen-bond acceptors (Lipinski definition) is 6. The molecule has 1 N–H and O–H groups in total. The van der Waals surface area contributed by atoms with Crippen LogP contribution in [0.25, 0.3) is 0 Å². The molecular weight excluding hydrogens is 240 g/mol. The number of fused-ring (bicyclic) bond motifs is 2. The molecule has 0 aromatic carbocycles. The summed E-state index contributed by atoms with van der Waals surface area (Å²) in [5.74, 6) is 0. The highest BCUT2D eigenvalue weighted by Crippen LogP contribution is 2.38. The van der Waals surface area contributed by atoms with Crippen LogP contribution in [-0.2, 0) is 18.9 Å². The molecule has 0 saturated carbocycles. The van der Waals surface area contributed by atoms with Crippen molar-refractivity contribution >= 4 is 6.16 Å². The van der Waals surface area contributed by atoms with Crippen molar-refractivity contribution in [1.29, 1.82) is 0 Å². The summed E-state index contributed by atoms with van der Waals surface area (Å²) < 4.78 is 21.6. The maximum atomic E-state index is 11.1. The Balaban J connectivity index is 1.73. The van der Waals surface area contributed by atoms with Gasteiger partial charge in [-0.2, -0.15) is 0 Å². The molecule has 3 aliphatic heterocycles. The zero-order valence-electron chi connectivity index (χ0n) is 10.5. The molecule has 3 aliphatic rings.